The van der Waals surface area contributed by atoms with Gasteiger partial charge in [-0.2, -0.15) is 0 Å². The van der Waals surface area contributed by atoms with Crippen molar-refractivity contribution in [1.29, 1.82) is 0 Å². The van der Waals surface area contributed by atoms with E-state index in [1.165, 1.54) is 25.3 Å². The fourth-order valence-corrected chi connectivity index (χ4v) is 1.28. The van der Waals surface area contributed by atoms with Crippen molar-refractivity contribution in [1.82, 2.24) is 0 Å². The molecule has 1 N–H and O–H groups in total. The number of aliphatic carboxylic acids is 1. The molecule has 0 heterocycles. The number of ether oxygens (including phenoxy) is 1. The zero-order valence-electron chi connectivity index (χ0n) is 8.44. The molecule has 0 aliphatic rings. The Morgan fingerprint density at radius 3 is 2.69 bits per heavy atom. The fourth-order valence-electron chi connectivity index (χ4n) is 1.08. The van der Waals surface area contributed by atoms with Crippen LogP contribution in [-0.4, -0.2) is 24.2 Å². The van der Waals surface area contributed by atoms with Crippen molar-refractivity contribution in [3.05, 3.63) is 40.4 Å². The normalized spacial score (nSPS) is 10.4. The number of halogens is 1. The van der Waals surface area contributed by atoms with E-state index in [2.05, 4.69) is 4.74 Å². The maximum absolute atomic E-state index is 11.3. The van der Waals surface area contributed by atoms with Gasteiger partial charge < -0.3 is 9.84 Å². The molecule has 0 unspecified atom stereocenters. The van der Waals surface area contributed by atoms with E-state index in [0.29, 0.717) is 5.56 Å². The molecule has 1 aromatic carbocycles. The number of carboxylic acids is 1. The minimum atomic E-state index is -1.06. The van der Waals surface area contributed by atoms with Gasteiger partial charge in [0, 0.05) is 6.08 Å². The lowest BCUT2D eigenvalue weighted by Gasteiger charge is -2.02. The van der Waals surface area contributed by atoms with Crippen molar-refractivity contribution in [2.75, 3.05) is 7.11 Å². The maximum Gasteiger partial charge on any atom is 0.339 e. The van der Waals surface area contributed by atoms with Crippen molar-refractivity contribution in [3.63, 3.8) is 0 Å². The summed E-state index contributed by atoms with van der Waals surface area (Å²) in [5.41, 5.74) is 0.768. The van der Waals surface area contributed by atoms with Gasteiger partial charge in [0.1, 0.15) is 0 Å². The molecular formula is C11H9ClO4. The Balaban J connectivity index is 3.07. The highest BCUT2D eigenvalue weighted by Crippen LogP contribution is 2.19. The molecule has 1 aromatic rings. The van der Waals surface area contributed by atoms with Gasteiger partial charge in [-0.15, -0.1) is 0 Å². The van der Waals surface area contributed by atoms with E-state index in [1.807, 2.05) is 0 Å². The van der Waals surface area contributed by atoms with Gasteiger partial charge in [0.15, 0.2) is 0 Å². The van der Waals surface area contributed by atoms with Gasteiger partial charge in [-0.25, -0.2) is 9.59 Å². The van der Waals surface area contributed by atoms with E-state index in [-0.39, 0.29) is 10.6 Å². The van der Waals surface area contributed by atoms with Gasteiger partial charge in [-0.1, -0.05) is 17.7 Å². The lowest BCUT2D eigenvalue weighted by atomic mass is 10.1. The minimum Gasteiger partial charge on any atom is -0.478 e. The lowest BCUT2D eigenvalue weighted by molar-refractivity contribution is -0.131. The molecule has 0 atom stereocenters. The van der Waals surface area contributed by atoms with Gasteiger partial charge >= 0.3 is 11.9 Å². The molecule has 1 rings (SSSR count). The molecule has 16 heavy (non-hydrogen) atoms. The smallest absolute Gasteiger partial charge is 0.339 e. The van der Waals surface area contributed by atoms with Crippen molar-refractivity contribution in [2.24, 2.45) is 0 Å². The summed E-state index contributed by atoms with van der Waals surface area (Å²) in [6.45, 7) is 0. The molecule has 0 aliphatic carbocycles. The van der Waals surface area contributed by atoms with Crippen LogP contribution < -0.4 is 0 Å². The van der Waals surface area contributed by atoms with Crippen LogP contribution >= 0.6 is 11.6 Å². The predicted octanol–water partition coefficient (Wildman–Crippen LogP) is 2.22. The lowest BCUT2D eigenvalue weighted by Crippen LogP contribution is -2.02. The van der Waals surface area contributed by atoms with Crippen LogP contribution in [0.25, 0.3) is 6.08 Å². The largest absolute Gasteiger partial charge is 0.478 e. The summed E-state index contributed by atoms with van der Waals surface area (Å²) in [6.07, 6.45) is 2.34. The van der Waals surface area contributed by atoms with Crippen LogP contribution in [-0.2, 0) is 9.53 Å². The number of rotatable bonds is 3. The molecule has 0 fully saturated rings. The highest BCUT2D eigenvalue weighted by Gasteiger charge is 2.10. The van der Waals surface area contributed by atoms with E-state index in [9.17, 15) is 9.59 Å². The predicted molar refractivity (Wildman–Crippen MR) is 59.5 cm³/mol. The number of carbonyl (C=O) groups is 2. The van der Waals surface area contributed by atoms with Crippen LogP contribution in [0.5, 0.6) is 0 Å². The Hall–Kier alpha value is -1.81. The topological polar surface area (TPSA) is 63.6 Å². The first-order valence-electron chi connectivity index (χ1n) is 4.33. The zero-order chi connectivity index (χ0) is 12.1. The van der Waals surface area contributed by atoms with Crippen LogP contribution in [0.15, 0.2) is 24.3 Å². The molecule has 0 saturated carbocycles. The van der Waals surface area contributed by atoms with Gasteiger partial charge in [0.05, 0.1) is 17.7 Å². The average Bonchev–Trinajstić information content (AvgIpc) is 2.27. The molecule has 0 amide bonds. The summed E-state index contributed by atoms with van der Waals surface area (Å²) in [4.78, 5) is 21.6. The molecule has 0 spiro atoms. The van der Waals surface area contributed by atoms with Crippen molar-refractivity contribution in [2.45, 2.75) is 0 Å². The monoisotopic (exact) mass is 240 g/mol. The quantitative estimate of drug-likeness (QED) is 0.650. The second kappa shape index (κ2) is 5.32. The highest BCUT2D eigenvalue weighted by atomic mass is 35.5. The summed E-state index contributed by atoms with van der Waals surface area (Å²) in [5.74, 6) is -1.62. The second-order valence-corrected chi connectivity index (χ2v) is 3.31. The van der Waals surface area contributed by atoms with Gasteiger partial charge in [0.25, 0.3) is 0 Å². The molecule has 84 valence electrons. The van der Waals surface area contributed by atoms with Crippen LogP contribution in [0, 0.1) is 0 Å². The van der Waals surface area contributed by atoms with Crippen molar-refractivity contribution >= 4 is 29.6 Å². The third kappa shape index (κ3) is 3.10. The van der Waals surface area contributed by atoms with Crippen molar-refractivity contribution < 1.29 is 19.4 Å². The van der Waals surface area contributed by atoms with Crippen LogP contribution in [0.1, 0.15) is 15.9 Å². The maximum atomic E-state index is 11.3. The first-order valence-corrected chi connectivity index (χ1v) is 4.71. The fraction of sp³-hybridized carbons (Fsp3) is 0.0909. The van der Waals surface area contributed by atoms with Gasteiger partial charge in [0.2, 0.25) is 0 Å². The zero-order valence-corrected chi connectivity index (χ0v) is 9.19. The van der Waals surface area contributed by atoms with E-state index < -0.39 is 11.9 Å². The van der Waals surface area contributed by atoms with Crippen LogP contribution in [0.4, 0.5) is 0 Å². The highest BCUT2D eigenvalue weighted by molar-refractivity contribution is 6.33. The Morgan fingerprint density at radius 2 is 2.12 bits per heavy atom. The Bertz CT molecular complexity index is 451. The number of carboxylic acid groups (broad SMARTS) is 1. The van der Waals surface area contributed by atoms with E-state index >= 15 is 0 Å². The third-order valence-electron chi connectivity index (χ3n) is 1.81. The standard InChI is InChI=1S/C11H9ClO4/c1-16-11(15)8-6-7(2-4-9(8)12)3-5-10(13)14/h2-6H,1H3,(H,13,14)/b5-3+. The van der Waals surface area contributed by atoms with Crippen LogP contribution in [0.3, 0.4) is 0 Å². The number of carbonyl (C=O) groups excluding carboxylic acids is 1. The third-order valence-corrected chi connectivity index (χ3v) is 2.14. The number of esters is 1. The SMILES string of the molecule is COC(=O)c1cc(/C=C/C(=O)O)ccc1Cl. The molecule has 0 saturated heterocycles. The summed E-state index contributed by atoms with van der Waals surface area (Å²) < 4.78 is 4.53. The average molecular weight is 241 g/mol. The number of hydrogen-bond donors (Lipinski definition) is 1. The van der Waals surface area contributed by atoms with Crippen LogP contribution in [0.2, 0.25) is 5.02 Å². The molecule has 0 bridgehead atoms. The summed E-state index contributed by atoms with van der Waals surface area (Å²) in [5, 5.41) is 8.71. The Kier molecular flexibility index (Phi) is 4.08. The van der Waals surface area contributed by atoms with Crippen molar-refractivity contribution in [3.8, 4) is 0 Å². The summed E-state index contributed by atoms with van der Waals surface area (Å²) in [6, 6.07) is 4.58. The molecule has 0 aliphatic heterocycles. The van der Waals surface area contributed by atoms with E-state index in [4.69, 9.17) is 16.7 Å². The second-order valence-electron chi connectivity index (χ2n) is 2.90. The number of benzene rings is 1. The minimum absolute atomic E-state index is 0.205. The summed E-state index contributed by atoms with van der Waals surface area (Å²) >= 11 is 5.79. The van der Waals surface area contributed by atoms with E-state index in [1.54, 1.807) is 6.07 Å². The number of methoxy groups -OCH3 is 1. The first kappa shape index (κ1) is 12.3. The molecule has 5 heteroatoms. The molecule has 4 nitrogen and oxygen atoms in total. The Morgan fingerprint density at radius 1 is 1.44 bits per heavy atom. The number of hydrogen-bond acceptors (Lipinski definition) is 3. The molecule has 0 radical (unpaired) electrons. The molecule has 0 aromatic heterocycles. The van der Waals surface area contributed by atoms with Gasteiger partial charge in [-0.05, 0) is 23.8 Å². The summed E-state index contributed by atoms with van der Waals surface area (Å²) in [7, 11) is 1.25. The Labute approximate surface area is 97.1 Å². The van der Waals surface area contributed by atoms with E-state index in [0.717, 1.165) is 6.08 Å². The first-order chi connectivity index (χ1) is 7.54. The van der Waals surface area contributed by atoms with Gasteiger partial charge in [-0.3, -0.25) is 0 Å². The molecular weight excluding hydrogens is 232 g/mol.